The largest absolute Gasteiger partial charge is 0.457 e. The average Bonchev–Trinajstić information content (AvgIpc) is 2.47. The zero-order valence-electron chi connectivity index (χ0n) is 11.5. The van der Waals surface area contributed by atoms with E-state index in [-0.39, 0.29) is 29.4 Å². The molecule has 23 heavy (non-hydrogen) atoms. The Morgan fingerprint density at radius 3 is 2.22 bits per heavy atom. The third-order valence-corrected chi connectivity index (χ3v) is 2.90. The van der Waals surface area contributed by atoms with Crippen molar-refractivity contribution in [2.45, 2.75) is 12.8 Å². The van der Waals surface area contributed by atoms with Crippen molar-refractivity contribution in [1.82, 2.24) is 0 Å². The van der Waals surface area contributed by atoms with Gasteiger partial charge in [-0.2, -0.15) is 13.2 Å². The number of hydrogen-bond acceptors (Lipinski definition) is 5. The number of nitro benzene ring substituents is 1. The molecule has 0 aliphatic carbocycles. The van der Waals surface area contributed by atoms with Crippen LogP contribution in [0.3, 0.4) is 0 Å². The summed E-state index contributed by atoms with van der Waals surface area (Å²) in [4.78, 5) is 14.7. The highest BCUT2D eigenvalue weighted by molar-refractivity contribution is 5.46. The maximum Gasteiger partial charge on any atom is 0.416 e. The number of nitrogens with zero attached hydrogens (tertiary/aromatic N) is 1. The molecule has 2 aromatic carbocycles. The van der Waals surface area contributed by atoms with Crippen LogP contribution in [0.15, 0.2) is 42.5 Å². The fourth-order valence-corrected chi connectivity index (χ4v) is 1.86. The molecule has 0 fully saturated rings. The average molecular weight is 328 g/mol. The number of nitro groups is 1. The van der Waals surface area contributed by atoms with Crippen LogP contribution in [0.1, 0.15) is 11.1 Å². The Bertz CT molecular complexity index is 702. The molecule has 0 amide bonds. The summed E-state index contributed by atoms with van der Waals surface area (Å²) >= 11 is 0. The van der Waals surface area contributed by atoms with E-state index < -0.39 is 16.7 Å². The van der Waals surface area contributed by atoms with Crippen molar-refractivity contribution < 1.29 is 27.7 Å². The van der Waals surface area contributed by atoms with Gasteiger partial charge in [0.25, 0.3) is 5.69 Å². The van der Waals surface area contributed by atoms with E-state index >= 15 is 0 Å². The van der Waals surface area contributed by atoms with Crippen molar-refractivity contribution in [1.29, 1.82) is 0 Å². The summed E-state index contributed by atoms with van der Waals surface area (Å²) in [6.45, 7) is -0.208. The second kappa shape index (κ2) is 6.63. The Kier molecular flexibility index (Phi) is 4.82. The van der Waals surface area contributed by atoms with Gasteiger partial charge in [0.1, 0.15) is 11.5 Å². The van der Waals surface area contributed by atoms with Gasteiger partial charge < -0.3 is 4.74 Å². The lowest BCUT2D eigenvalue weighted by Crippen LogP contribution is -2.04. The van der Waals surface area contributed by atoms with Gasteiger partial charge in [0.2, 0.25) is 0 Å². The van der Waals surface area contributed by atoms with Crippen LogP contribution in [0.25, 0.3) is 0 Å². The number of benzene rings is 2. The molecule has 0 radical (unpaired) electrons. The molecule has 2 rings (SSSR count). The van der Waals surface area contributed by atoms with E-state index in [1.54, 1.807) is 0 Å². The van der Waals surface area contributed by atoms with Gasteiger partial charge in [-0.3, -0.25) is 15.0 Å². The summed E-state index contributed by atoms with van der Waals surface area (Å²) in [6.07, 6.45) is -4.43. The van der Waals surface area contributed by atoms with Crippen LogP contribution in [0, 0.1) is 10.1 Å². The van der Waals surface area contributed by atoms with E-state index in [2.05, 4.69) is 4.84 Å². The minimum absolute atomic E-state index is 0.159. The molecule has 6 nitrogen and oxygen atoms in total. The van der Waals surface area contributed by atoms with Gasteiger partial charge in [0.05, 0.1) is 22.7 Å². The first-order chi connectivity index (χ1) is 10.8. The number of rotatable bonds is 5. The molecule has 0 unspecified atom stereocenters. The van der Waals surface area contributed by atoms with Crippen LogP contribution in [0.4, 0.5) is 18.9 Å². The van der Waals surface area contributed by atoms with Crippen molar-refractivity contribution in [2.75, 3.05) is 0 Å². The van der Waals surface area contributed by atoms with Gasteiger partial charge in [-0.1, -0.05) is 0 Å². The van der Waals surface area contributed by atoms with Gasteiger partial charge in [0.15, 0.2) is 0 Å². The second-order valence-corrected chi connectivity index (χ2v) is 4.48. The predicted molar refractivity (Wildman–Crippen MR) is 73.6 cm³/mol. The molecule has 0 bridgehead atoms. The van der Waals surface area contributed by atoms with Crippen LogP contribution in [0.2, 0.25) is 0 Å². The summed E-state index contributed by atoms with van der Waals surface area (Å²) in [5.74, 6) is 5.29. The van der Waals surface area contributed by atoms with Crippen molar-refractivity contribution in [2.24, 2.45) is 5.90 Å². The molecule has 0 spiro atoms. The van der Waals surface area contributed by atoms with E-state index in [9.17, 15) is 23.3 Å². The summed E-state index contributed by atoms with van der Waals surface area (Å²) in [5.41, 5.74) is -0.817. The molecule has 2 aromatic rings. The highest BCUT2D eigenvalue weighted by Gasteiger charge is 2.30. The maximum atomic E-state index is 12.5. The first-order valence-corrected chi connectivity index (χ1v) is 6.25. The van der Waals surface area contributed by atoms with Crippen LogP contribution in [-0.2, 0) is 17.6 Å². The molecule has 0 saturated heterocycles. The topological polar surface area (TPSA) is 87.6 Å². The van der Waals surface area contributed by atoms with E-state index in [0.717, 1.165) is 24.3 Å². The van der Waals surface area contributed by atoms with Crippen molar-refractivity contribution in [3.05, 3.63) is 63.7 Å². The van der Waals surface area contributed by atoms with Crippen LogP contribution in [0.5, 0.6) is 11.5 Å². The molecule has 0 atom stereocenters. The first kappa shape index (κ1) is 16.7. The predicted octanol–water partition coefficient (Wildman–Crippen LogP) is 3.80. The second-order valence-electron chi connectivity index (χ2n) is 4.48. The molecule has 0 saturated carbocycles. The highest BCUT2D eigenvalue weighted by Crippen LogP contribution is 2.32. The molecule has 0 aromatic heterocycles. The Morgan fingerprint density at radius 1 is 1.09 bits per heavy atom. The van der Waals surface area contributed by atoms with Gasteiger partial charge >= 0.3 is 6.18 Å². The van der Waals surface area contributed by atoms with Crippen LogP contribution in [-0.4, -0.2) is 4.92 Å². The van der Waals surface area contributed by atoms with E-state index in [1.165, 1.54) is 18.2 Å². The van der Waals surface area contributed by atoms with Gasteiger partial charge in [-0.25, -0.2) is 5.90 Å². The SMILES string of the molecule is NOCc1cc(Oc2ccc(C(F)(F)F)cc2)ccc1[N+](=O)[O-]. The van der Waals surface area contributed by atoms with E-state index in [1.807, 2.05) is 0 Å². The number of ether oxygens (including phenoxy) is 1. The van der Waals surface area contributed by atoms with Gasteiger partial charge in [-0.15, -0.1) is 0 Å². The number of nitrogens with two attached hydrogens (primary N) is 1. The Morgan fingerprint density at radius 2 is 1.70 bits per heavy atom. The molecule has 122 valence electrons. The lowest BCUT2D eigenvalue weighted by Gasteiger charge is -2.10. The minimum atomic E-state index is -4.43. The number of hydrogen-bond donors (Lipinski definition) is 1. The van der Waals surface area contributed by atoms with Crippen molar-refractivity contribution in [3.63, 3.8) is 0 Å². The first-order valence-electron chi connectivity index (χ1n) is 6.25. The molecular formula is C14H11F3N2O4. The minimum Gasteiger partial charge on any atom is -0.457 e. The van der Waals surface area contributed by atoms with Crippen LogP contribution < -0.4 is 10.6 Å². The molecule has 0 aliphatic heterocycles. The molecule has 2 N–H and O–H groups in total. The monoisotopic (exact) mass is 328 g/mol. The normalized spacial score (nSPS) is 11.3. The zero-order valence-corrected chi connectivity index (χ0v) is 11.5. The van der Waals surface area contributed by atoms with Crippen LogP contribution >= 0.6 is 0 Å². The molecule has 0 heterocycles. The fourth-order valence-electron chi connectivity index (χ4n) is 1.86. The van der Waals surface area contributed by atoms with Crippen molar-refractivity contribution in [3.8, 4) is 11.5 Å². The molecule has 0 aliphatic rings. The molecular weight excluding hydrogens is 317 g/mol. The van der Waals surface area contributed by atoms with E-state index in [0.29, 0.717) is 0 Å². The highest BCUT2D eigenvalue weighted by atomic mass is 19.4. The fraction of sp³-hybridized carbons (Fsp3) is 0.143. The third kappa shape index (κ3) is 4.18. The number of halogens is 3. The van der Waals surface area contributed by atoms with Gasteiger partial charge in [-0.05, 0) is 36.4 Å². The van der Waals surface area contributed by atoms with Crippen molar-refractivity contribution >= 4 is 5.69 Å². The summed E-state index contributed by atoms with van der Waals surface area (Å²) in [5, 5.41) is 10.9. The maximum absolute atomic E-state index is 12.5. The Labute approximate surface area is 128 Å². The smallest absolute Gasteiger partial charge is 0.416 e. The molecule has 9 heteroatoms. The standard InChI is InChI=1S/C14H11F3N2O4/c15-14(16,17)10-1-3-11(4-2-10)23-12-5-6-13(19(20)21)9(7-12)8-22-18/h1-7H,8,18H2. The Balaban J connectivity index is 2.23. The lowest BCUT2D eigenvalue weighted by molar-refractivity contribution is -0.386. The quantitative estimate of drug-likeness (QED) is 0.666. The third-order valence-electron chi connectivity index (χ3n) is 2.90. The lowest BCUT2D eigenvalue weighted by atomic mass is 10.2. The summed E-state index contributed by atoms with van der Waals surface area (Å²) in [7, 11) is 0. The summed E-state index contributed by atoms with van der Waals surface area (Å²) in [6, 6.07) is 7.94. The number of alkyl halides is 3. The Hall–Kier alpha value is -2.65. The summed E-state index contributed by atoms with van der Waals surface area (Å²) < 4.78 is 42.8. The zero-order chi connectivity index (χ0) is 17.0. The van der Waals surface area contributed by atoms with Gasteiger partial charge in [0, 0.05) is 6.07 Å². The van der Waals surface area contributed by atoms with E-state index in [4.69, 9.17) is 10.6 Å².